The first-order chi connectivity index (χ1) is 8.16. The molecule has 1 aromatic rings. The van der Waals surface area contributed by atoms with Gasteiger partial charge < -0.3 is 10.5 Å². The summed E-state index contributed by atoms with van der Waals surface area (Å²) in [4.78, 5) is 2.39. The predicted molar refractivity (Wildman–Crippen MR) is 70.6 cm³/mol. The van der Waals surface area contributed by atoms with Gasteiger partial charge in [-0.15, -0.1) is 0 Å². The molecule has 1 heterocycles. The molecule has 94 valence electrons. The van der Waals surface area contributed by atoms with Crippen LogP contribution in [0.15, 0.2) is 18.2 Å². The Morgan fingerprint density at radius 3 is 2.88 bits per heavy atom. The second kappa shape index (κ2) is 5.52. The molecule has 0 saturated carbocycles. The molecule has 0 fully saturated rings. The normalized spacial score (nSPS) is 15.5. The van der Waals surface area contributed by atoms with Gasteiger partial charge in [0.1, 0.15) is 0 Å². The summed E-state index contributed by atoms with van der Waals surface area (Å²) in [6.45, 7) is 8.97. The number of anilines is 1. The average Bonchev–Trinajstić information content (AvgIpc) is 2.69. The van der Waals surface area contributed by atoms with Crippen molar-refractivity contribution < 1.29 is 4.74 Å². The second-order valence-corrected chi connectivity index (χ2v) is 5.16. The maximum atomic E-state index is 5.97. The van der Waals surface area contributed by atoms with E-state index in [1.807, 2.05) is 12.1 Å². The first-order valence-corrected chi connectivity index (χ1v) is 6.33. The lowest BCUT2D eigenvalue weighted by Gasteiger charge is -2.15. The number of ether oxygens (including phenoxy) is 1. The van der Waals surface area contributed by atoms with E-state index >= 15 is 0 Å². The monoisotopic (exact) mass is 234 g/mol. The number of fused-ring (bicyclic) bond motifs is 1. The Morgan fingerprint density at radius 1 is 1.35 bits per heavy atom. The van der Waals surface area contributed by atoms with Gasteiger partial charge in [0.05, 0.1) is 6.61 Å². The summed E-state index contributed by atoms with van der Waals surface area (Å²) in [7, 11) is 0. The Morgan fingerprint density at radius 2 is 2.18 bits per heavy atom. The van der Waals surface area contributed by atoms with Crippen LogP contribution in [0.5, 0.6) is 0 Å². The molecular formula is C14H22N2O. The zero-order chi connectivity index (χ0) is 12.3. The van der Waals surface area contributed by atoms with Gasteiger partial charge in [0.2, 0.25) is 0 Å². The molecular weight excluding hydrogens is 212 g/mol. The van der Waals surface area contributed by atoms with Crippen molar-refractivity contribution in [2.75, 3.05) is 25.5 Å². The number of rotatable bonds is 5. The molecule has 2 rings (SSSR count). The minimum atomic E-state index is 0.612. The largest absolute Gasteiger partial charge is 0.398 e. The Hall–Kier alpha value is -1.06. The summed E-state index contributed by atoms with van der Waals surface area (Å²) in [6.07, 6.45) is 0. The van der Waals surface area contributed by atoms with E-state index < -0.39 is 0 Å². The topological polar surface area (TPSA) is 38.5 Å². The van der Waals surface area contributed by atoms with Crippen LogP contribution in [-0.4, -0.2) is 24.7 Å². The Kier molecular flexibility index (Phi) is 4.02. The number of hydrogen-bond acceptors (Lipinski definition) is 3. The molecule has 0 spiro atoms. The number of nitrogens with two attached hydrogens (primary N) is 1. The number of hydrogen-bond donors (Lipinski definition) is 1. The van der Waals surface area contributed by atoms with Gasteiger partial charge >= 0.3 is 0 Å². The first kappa shape index (κ1) is 12.4. The van der Waals surface area contributed by atoms with Crippen LogP contribution in [0.25, 0.3) is 0 Å². The summed E-state index contributed by atoms with van der Waals surface area (Å²) in [5.74, 6) is 0.612. The Labute approximate surface area is 104 Å². The summed E-state index contributed by atoms with van der Waals surface area (Å²) in [5, 5.41) is 0. The van der Waals surface area contributed by atoms with Crippen LogP contribution >= 0.6 is 0 Å². The number of benzene rings is 1. The van der Waals surface area contributed by atoms with E-state index in [-0.39, 0.29) is 0 Å². The first-order valence-electron chi connectivity index (χ1n) is 6.33. The zero-order valence-electron chi connectivity index (χ0n) is 10.8. The molecule has 0 atom stereocenters. The lowest BCUT2D eigenvalue weighted by atomic mass is 10.1. The third-order valence-corrected chi connectivity index (χ3v) is 3.09. The van der Waals surface area contributed by atoms with Gasteiger partial charge in [-0.1, -0.05) is 26.0 Å². The van der Waals surface area contributed by atoms with Crippen molar-refractivity contribution in [1.82, 2.24) is 4.90 Å². The molecule has 3 nitrogen and oxygen atoms in total. The fraction of sp³-hybridized carbons (Fsp3) is 0.571. The molecule has 0 unspecified atom stereocenters. The molecule has 0 aliphatic carbocycles. The maximum absolute atomic E-state index is 5.97. The quantitative estimate of drug-likeness (QED) is 0.627. The zero-order valence-corrected chi connectivity index (χ0v) is 10.8. The number of nitrogen functional groups attached to an aromatic ring is 1. The standard InChI is InChI=1S/C14H22N2O/c1-11(2)10-17-7-6-16-8-12-4-3-5-14(15)13(12)9-16/h3-5,11H,6-10,15H2,1-2H3. The molecule has 0 aromatic heterocycles. The van der Waals surface area contributed by atoms with Crippen LogP contribution < -0.4 is 5.73 Å². The fourth-order valence-corrected chi connectivity index (χ4v) is 2.19. The van der Waals surface area contributed by atoms with Crippen molar-refractivity contribution in [2.45, 2.75) is 26.9 Å². The van der Waals surface area contributed by atoms with E-state index in [4.69, 9.17) is 10.5 Å². The minimum absolute atomic E-state index is 0.612. The molecule has 0 radical (unpaired) electrons. The molecule has 0 bridgehead atoms. The average molecular weight is 234 g/mol. The molecule has 0 amide bonds. The third-order valence-electron chi connectivity index (χ3n) is 3.09. The van der Waals surface area contributed by atoms with Crippen LogP contribution in [0.4, 0.5) is 5.69 Å². The lowest BCUT2D eigenvalue weighted by molar-refractivity contribution is 0.0848. The van der Waals surface area contributed by atoms with Crippen LogP contribution in [0.3, 0.4) is 0 Å². The van der Waals surface area contributed by atoms with Crippen molar-refractivity contribution >= 4 is 5.69 Å². The van der Waals surface area contributed by atoms with Gasteiger partial charge in [-0.3, -0.25) is 4.90 Å². The van der Waals surface area contributed by atoms with E-state index in [1.165, 1.54) is 11.1 Å². The summed E-state index contributed by atoms with van der Waals surface area (Å²) < 4.78 is 5.61. The predicted octanol–water partition coefficient (Wildman–Crippen LogP) is 2.26. The van der Waals surface area contributed by atoms with Crippen molar-refractivity contribution in [3.05, 3.63) is 29.3 Å². The van der Waals surface area contributed by atoms with E-state index in [0.29, 0.717) is 5.92 Å². The Balaban J connectivity index is 1.78. The summed E-state index contributed by atoms with van der Waals surface area (Å²) in [6, 6.07) is 6.19. The van der Waals surface area contributed by atoms with Crippen LogP contribution in [-0.2, 0) is 17.8 Å². The molecule has 1 aliphatic heterocycles. The molecule has 1 aromatic carbocycles. The number of nitrogens with zero attached hydrogens (tertiary/aromatic N) is 1. The lowest BCUT2D eigenvalue weighted by Crippen LogP contribution is -2.22. The van der Waals surface area contributed by atoms with Gasteiger partial charge in [0, 0.05) is 31.9 Å². The van der Waals surface area contributed by atoms with E-state index in [0.717, 1.165) is 38.5 Å². The Bertz CT molecular complexity index is 376. The van der Waals surface area contributed by atoms with Gasteiger partial charge in [-0.25, -0.2) is 0 Å². The van der Waals surface area contributed by atoms with Crippen LogP contribution in [0.1, 0.15) is 25.0 Å². The van der Waals surface area contributed by atoms with Gasteiger partial charge in [-0.2, -0.15) is 0 Å². The maximum Gasteiger partial charge on any atom is 0.0593 e. The van der Waals surface area contributed by atoms with Gasteiger partial charge in [0.25, 0.3) is 0 Å². The van der Waals surface area contributed by atoms with Crippen molar-refractivity contribution in [2.24, 2.45) is 5.92 Å². The highest BCUT2D eigenvalue weighted by molar-refractivity contribution is 5.52. The van der Waals surface area contributed by atoms with E-state index in [2.05, 4.69) is 24.8 Å². The fourth-order valence-electron chi connectivity index (χ4n) is 2.19. The SMILES string of the molecule is CC(C)COCCN1Cc2cccc(N)c2C1. The van der Waals surface area contributed by atoms with Crippen molar-refractivity contribution in [3.8, 4) is 0 Å². The van der Waals surface area contributed by atoms with Crippen LogP contribution in [0, 0.1) is 5.92 Å². The third kappa shape index (κ3) is 3.20. The summed E-state index contributed by atoms with van der Waals surface area (Å²) >= 11 is 0. The molecule has 17 heavy (non-hydrogen) atoms. The van der Waals surface area contributed by atoms with E-state index in [9.17, 15) is 0 Å². The molecule has 0 saturated heterocycles. The highest BCUT2D eigenvalue weighted by Gasteiger charge is 2.19. The van der Waals surface area contributed by atoms with Gasteiger partial charge in [-0.05, 0) is 23.1 Å². The van der Waals surface area contributed by atoms with Crippen molar-refractivity contribution in [3.63, 3.8) is 0 Å². The highest BCUT2D eigenvalue weighted by atomic mass is 16.5. The van der Waals surface area contributed by atoms with Crippen molar-refractivity contribution in [1.29, 1.82) is 0 Å². The highest BCUT2D eigenvalue weighted by Crippen LogP contribution is 2.26. The van der Waals surface area contributed by atoms with Crippen LogP contribution in [0.2, 0.25) is 0 Å². The smallest absolute Gasteiger partial charge is 0.0593 e. The summed E-state index contributed by atoms with van der Waals surface area (Å²) in [5.41, 5.74) is 9.57. The second-order valence-electron chi connectivity index (χ2n) is 5.16. The molecule has 3 heteroatoms. The molecule has 2 N–H and O–H groups in total. The van der Waals surface area contributed by atoms with E-state index in [1.54, 1.807) is 0 Å². The van der Waals surface area contributed by atoms with Gasteiger partial charge in [0.15, 0.2) is 0 Å². The minimum Gasteiger partial charge on any atom is -0.398 e. The molecule has 1 aliphatic rings.